The summed E-state index contributed by atoms with van der Waals surface area (Å²) < 4.78 is 30.2. The number of aromatic nitrogens is 1. The molecule has 1 N–H and O–H groups in total. The summed E-state index contributed by atoms with van der Waals surface area (Å²) in [6.45, 7) is 9.92. The first-order chi connectivity index (χ1) is 17.1. The van der Waals surface area contributed by atoms with E-state index in [9.17, 15) is 18.0 Å². The smallest absolute Gasteiger partial charge is 0.256 e. The van der Waals surface area contributed by atoms with Gasteiger partial charge in [0.15, 0.2) is 0 Å². The van der Waals surface area contributed by atoms with Crippen LogP contribution >= 0.6 is 0 Å². The number of aryl methyl sites for hydroxylation is 2. The Morgan fingerprint density at radius 3 is 2.36 bits per heavy atom. The molecule has 0 bridgehead atoms. The Kier molecular flexibility index (Phi) is 7.66. The van der Waals surface area contributed by atoms with Crippen LogP contribution in [0.25, 0.3) is 10.9 Å². The average Bonchev–Trinajstić information content (AvgIpc) is 2.84. The molecule has 2 heterocycles. The zero-order valence-electron chi connectivity index (χ0n) is 21.5. The number of amides is 1. The van der Waals surface area contributed by atoms with E-state index in [1.165, 1.54) is 15.9 Å². The molecule has 0 unspecified atom stereocenters. The monoisotopic (exact) mass is 509 g/mol. The summed E-state index contributed by atoms with van der Waals surface area (Å²) in [5, 5.41) is 3.08. The zero-order chi connectivity index (χ0) is 26.0. The lowest BCUT2D eigenvalue weighted by Gasteiger charge is -2.34. The third-order valence-corrected chi connectivity index (χ3v) is 8.76. The second-order valence-electron chi connectivity index (χ2n) is 10.1. The largest absolute Gasteiger partial charge is 0.352 e. The molecule has 2 atom stereocenters. The van der Waals surface area contributed by atoms with Gasteiger partial charge in [0, 0.05) is 37.8 Å². The lowest BCUT2D eigenvalue weighted by molar-refractivity contribution is 0.0952. The van der Waals surface area contributed by atoms with E-state index in [2.05, 4.69) is 19.2 Å². The van der Waals surface area contributed by atoms with Crippen LogP contribution in [0.15, 0.2) is 58.4 Å². The minimum Gasteiger partial charge on any atom is -0.352 e. The van der Waals surface area contributed by atoms with Gasteiger partial charge in [0.2, 0.25) is 15.5 Å². The molecular formula is C28H35N3O4S. The number of benzene rings is 2. The minimum absolute atomic E-state index is 0.0167. The van der Waals surface area contributed by atoms with E-state index in [0.29, 0.717) is 38.1 Å². The zero-order valence-corrected chi connectivity index (χ0v) is 22.3. The van der Waals surface area contributed by atoms with E-state index < -0.39 is 21.4 Å². The number of carbonyl (C=O) groups excluding carboxylic acids is 1. The van der Waals surface area contributed by atoms with Gasteiger partial charge in [-0.25, -0.2) is 8.42 Å². The molecule has 8 heteroatoms. The number of hydrogen-bond donors (Lipinski definition) is 1. The summed E-state index contributed by atoms with van der Waals surface area (Å²) in [5.41, 5.74) is 2.44. The van der Waals surface area contributed by atoms with Gasteiger partial charge >= 0.3 is 0 Å². The van der Waals surface area contributed by atoms with Gasteiger partial charge < -0.3 is 9.88 Å². The standard InChI is InChI=1S/C28H35N3O4S/c1-5-30-18-25(28(33)29-13-12-22-8-6-19(2)7-9-22)27(32)24-15-23(10-11-26(24)30)36(34,35)31-16-20(3)14-21(4)17-31/h6-11,15,18,20-21H,5,12-14,16-17H2,1-4H3,(H,29,33)/t20-,21+. The molecule has 1 aromatic heterocycles. The second-order valence-corrected chi connectivity index (χ2v) is 12.0. The third-order valence-electron chi connectivity index (χ3n) is 6.93. The van der Waals surface area contributed by atoms with E-state index in [1.54, 1.807) is 18.3 Å². The number of fused-ring (bicyclic) bond motifs is 1. The van der Waals surface area contributed by atoms with Crippen molar-refractivity contribution in [3.8, 4) is 0 Å². The molecule has 2 aromatic carbocycles. The highest BCUT2D eigenvalue weighted by Gasteiger charge is 2.32. The molecule has 1 saturated heterocycles. The van der Waals surface area contributed by atoms with Crippen molar-refractivity contribution in [1.29, 1.82) is 0 Å². The van der Waals surface area contributed by atoms with Crippen molar-refractivity contribution >= 4 is 26.8 Å². The van der Waals surface area contributed by atoms with Crippen LogP contribution < -0.4 is 10.7 Å². The van der Waals surface area contributed by atoms with Crippen LogP contribution in [-0.2, 0) is 23.0 Å². The van der Waals surface area contributed by atoms with Gasteiger partial charge in [0.25, 0.3) is 5.91 Å². The number of pyridine rings is 1. The van der Waals surface area contributed by atoms with Crippen molar-refractivity contribution in [1.82, 2.24) is 14.2 Å². The van der Waals surface area contributed by atoms with Gasteiger partial charge in [0.1, 0.15) is 5.56 Å². The number of carbonyl (C=O) groups is 1. The molecule has 1 fully saturated rings. The Labute approximate surface area is 213 Å². The summed E-state index contributed by atoms with van der Waals surface area (Å²) in [6.07, 6.45) is 3.21. The van der Waals surface area contributed by atoms with Gasteiger partial charge in [-0.3, -0.25) is 9.59 Å². The minimum atomic E-state index is -3.75. The van der Waals surface area contributed by atoms with E-state index in [-0.39, 0.29) is 27.7 Å². The molecule has 1 amide bonds. The molecule has 0 spiro atoms. The van der Waals surface area contributed by atoms with E-state index >= 15 is 0 Å². The topological polar surface area (TPSA) is 88.5 Å². The molecule has 1 aliphatic heterocycles. The van der Waals surface area contributed by atoms with Crippen LogP contribution in [0.3, 0.4) is 0 Å². The highest BCUT2D eigenvalue weighted by atomic mass is 32.2. The van der Waals surface area contributed by atoms with Gasteiger partial charge in [-0.05, 0) is 62.3 Å². The lowest BCUT2D eigenvalue weighted by atomic mass is 9.94. The SMILES string of the molecule is CCn1cc(C(=O)NCCc2ccc(C)cc2)c(=O)c2cc(S(=O)(=O)N3C[C@H](C)C[C@H](C)C3)ccc21. The maximum absolute atomic E-state index is 13.4. The van der Waals surface area contributed by atoms with Crippen LogP contribution in [0.2, 0.25) is 0 Å². The predicted octanol–water partition coefficient (Wildman–Crippen LogP) is 3.97. The first kappa shape index (κ1) is 26.1. The fraction of sp³-hybridized carbons (Fsp3) is 0.429. The molecular weight excluding hydrogens is 474 g/mol. The number of hydrogen-bond acceptors (Lipinski definition) is 4. The summed E-state index contributed by atoms with van der Waals surface area (Å²) in [4.78, 5) is 26.4. The number of nitrogens with one attached hydrogen (secondary N) is 1. The van der Waals surface area contributed by atoms with E-state index in [0.717, 1.165) is 12.0 Å². The Morgan fingerprint density at radius 2 is 1.72 bits per heavy atom. The molecule has 36 heavy (non-hydrogen) atoms. The molecule has 192 valence electrons. The fourth-order valence-electron chi connectivity index (χ4n) is 5.08. The Bertz CT molecular complexity index is 1420. The summed E-state index contributed by atoms with van der Waals surface area (Å²) in [7, 11) is -3.75. The molecule has 4 rings (SSSR count). The average molecular weight is 510 g/mol. The summed E-state index contributed by atoms with van der Waals surface area (Å²) in [6, 6.07) is 12.8. The van der Waals surface area contributed by atoms with Crippen LogP contribution in [0.4, 0.5) is 0 Å². The van der Waals surface area contributed by atoms with Crippen molar-refractivity contribution in [3.63, 3.8) is 0 Å². The number of nitrogens with zero attached hydrogens (tertiary/aromatic N) is 2. The van der Waals surface area contributed by atoms with Crippen molar-refractivity contribution in [2.24, 2.45) is 11.8 Å². The van der Waals surface area contributed by atoms with E-state index in [1.807, 2.05) is 42.7 Å². The maximum Gasteiger partial charge on any atom is 0.256 e. The number of rotatable bonds is 7. The highest BCUT2D eigenvalue weighted by Crippen LogP contribution is 2.28. The number of piperidine rings is 1. The third kappa shape index (κ3) is 5.39. The molecule has 3 aromatic rings. The van der Waals surface area contributed by atoms with Gasteiger partial charge in [-0.2, -0.15) is 4.31 Å². The second kappa shape index (κ2) is 10.6. The maximum atomic E-state index is 13.4. The van der Waals surface area contributed by atoms with Crippen molar-refractivity contribution in [2.45, 2.75) is 52.0 Å². The van der Waals surface area contributed by atoms with E-state index in [4.69, 9.17) is 0 Å². The van der Waals surface area contributed by atoms with Crippen LogP contribution in [0, 0.1) is 18.8 Å². The van der Waals surface area contributed by atoms with Gasteiger partial charge in [-0.1, -0.05) is 43.7 Å². The van der Waals surface area contributed by atoms with Crippen molar-refractivity contribution < 1.29 is 13.2 Å². The fourth-order valence-corrected chi connectivity index (χ4v) is 6.79. The van der Waals surface area contributed by atoms with Crippen LogP contribution in [0.1, 0.15) is 48.7 Å². The number of sulfonamides is 1. The van der Waals surface area contributed by atoms with Crippen molar-refractivity contribution in [2.75, 3.05) is 19.6 Å². The highest BCUT2D eigenvalue weighted by molar-refractivity contribution is 7.89. The first-order valence-corrected chi connectivity index (χ1v) is 14.0. The Morgan fingerprint density at radius 1 is 1.06 bits per heavy atom. The molecule has 1 aliphatic rings. The molecule has 0 aliphatic carbocycles. The predicted molar refractivity (Wildman–Crippen MR) is 143 cm³/mol. The Hall–Kier alpha value is -2.97. The summed E-state index contributed by atoms with van der Waals surface area (Å²) in [5.74, 6) is 0.0937. The molecule has 0 radical (unpaired) electrons. The summed E-state index contributed by atoms with van der Waals surface area (Å²) >= 11 is 0. The Balaban J connectivity index is 1.64. The lowest BCUT2D eigenvalue weighted by Crippen LogP contribution is -2.42. The van der Waals surface area contributed by atoms with Gasteiger partial charge in [0.05, 0.1) is 10.4 Å². The molecule has 7 nitrogen and oxygen atoms in total. The normalized spacial score (nSPS) is 18.9. The van der Waals surface area contributed by atoms with Gasteiger partial charge in [-0.15, -0.1) is 0 Å². The molecule has 0 saturated carbocycles. The van der Waals surface area contributed by atoms with Crippen molar-refractivity contribution in [3.05, 3.63) is 75.6 Å². The van der Waals surface area contributed by atoms with Crippen LogP contribution in [0.5, 0.6) is 0 Å². The van der Waals surface area contributed by atoms with Crippen LogP contribution in [-0.4, -0.2) is 42.8 Å². The quantitative estimate of drug-likeness (QED) is 0.522. The first-order valence-electron chi connectivity index (χ1n) is 12.6.